The fourth-order valence-corrected chi connectivity index (χ4v) is 3.85. The SMILES string of the molecule is CCc1ccc2nc(NC(=O)c3cc(C)nc4ccc(F)cc34)sc2c1. The summed E-state index contributed by atoms with van der Waals surface area (Å²) < 4.78 is 14.7. The average Bonchev–Trinajstić information content (AvgIpc) is 3.02. The van der Waals surface area contributed by atoms with E-state index in [4.69, 9.17) is 0 Å². The molecule has 4 rings (SSSR count). The van der Waals surface area contributed by atoms with Crippen molar-refractivity contribution in [1.82, 2.24) is 9.97 Å². The van der Waals surface area contributed by atoms with Crippen LogP contribution in [0.5, 0.6) is 0 Å². The largest absolute Gasteiger partial charge is 0.298 e. The molecule has 2 heterocycles. The Labute approximate surface area is 153 Å². The number of benzene rings is 2. The van der Waals surface area contributed by atoms with Crippen molar-refractivity contribution < 1.29 is 9.18 Å². The van der Waals surface area contributed by atoms with E-state index in [1.165, 1.54) is 29.0 Å². The van der Waals surface area contributed by atoms with Crippen LogP contribution >= 0.6 is 11.3 Å². The molecule has 130 valence electrons. The zero-order valence-electron chi connectivity index (χ0n) is 14.3. The van der Waals surface area contributed by atoms with Crippen molar-refractivity contribution in [3.05, 3.63) is 65.1 Å². The summed E-state index contributed by atoms with van der Waals surface area (Å²) in [5, 5.41) is 3.86. The van der Waals surface area contributed by atoms with Crippen molar-refractivity contribution in [3.8, 4) is 0 Å². The molecule has 0 fully saturated rings. The van der Waals surface area contributed by atoms with Crippen molar-refractivity contribution in [2.24, 2.45) is 0 Å². The van der Waals surface area contributed by atoms with Gasteiger partial charge in [0.1, 0.15) is 5.82 Å². The lowest BCUT2D eigenvalue weighted by molar-refractivity contribution is 0.102. The number of nitrogens with zero attached hydrogens (tertiary/aromatic N) is 2. The lowest BCUT2D eigenvalue weighted by Gasteiger charge is -2.07. The molecule has 4 aromatic rings. The van der Waals surface area contributed by atoms with E-state index in [2.05, 4.69) is 28.3 Å². The molecule has 0 spiro atoms. The first-order valence-electron chi connectivity index (χ1n) is 8.31. The van der Waals surface area contributed by atoms with Gasteiger partial charge < -0.3 is 0 Å². The minimum Gasteiger partial charge on any atom is -0.298 e. The van der Waals surface area contributed by atoms with Crippen molar-refractivity contribution in [2.45, 2.75) is 20.3 Å². The second kappa shape index (κ2) is 6.46. The predicted molar refractivity (Wildman–Crippen MR) is 103 cm³/mol. The third-order valence-electron chi connectivity index (χ3n) is 4.22. The van der Waals surface area contributed by atoms with E-state index < -0.39 is 5.82 Å². The van der Waals surface area contributed by atoms with Gasteiger partial charge in [0, 0.05) is 11.1 Å². The molecule has 0 saturated heterocycles. The van der Waals surface area contributed by atoms with E-state index in [1.54, 1.807) is 12.1 Å². The summed E-state index contributed by atoms with van der Waals surface area (Å²) in [6.07, 6.45) is 0.948. The number of carbonyl (C=O) groups excluding carboxylic acids is 1. The third-order valence-corrected chi connectivity index (χ3v) is 5.16. The molecule has 6 heteroatoms. The smallest absolute Gasteiger partial charge is 0.258 e. The molecule has 2 aromatic carbocycles. The number of hydrogen-bond donors (Lipinski definition) is 1. The normalized spacial score (nSPS) is 11.2. The van der Waals surface area contributed by atoms with Gasteiger partial charge in [0.2, 0.25) is 0 Å². The molecular weight excluding hydrogens is 349 g/mol. The summed E-state index contributed by atoms with van der Waals surface area (Å²) >= 11 is 1.43. The molecule has 1 N–H and O–H groups in total. The number of aromatic nitrogens is 2. The second-order valence-corrected chi connectivity index (χ2v) is 7.13. The van der Waals surface area contributed by atoms with Crippen molar-refractivity contribution in [2.75, 3.05) is 5.32 Å². The highest BCUT2D eigenvalue weighted by molar-refractivity contribution is 7.22. The third kappa shape index (κ3) is 3.04. The second-order valence-electron chi connectivity index (χ2n) is 6.10. The molecule has 0 aliphatic heterocycles. The van der Waals surface area contributed by atoms with E-state index in [0.29, 0.717) is 27.3 Å². The maximum absolute atomic E-state index is 13.6. The minimum absolute atomic E-state index is 0.319. The Bertz CT molecular complexity index is 1150. The highest BCUT2D eigenvalue weighted by atomic mass is 32.1. The van der Waals surface area contributed by atoms with E-state index >= 15 is 0 Å². The molecule has 0 radical (unpaired) electrons. The summed E-state index contributed by atoms with van der Waals surface area (Å²) in [6, 6.07) is 12.0. The van der Waals surface area contributed by atoms with Gasteiger partial charge in [-0.3, -0.25) is 15.1 Å². The molecule has 0 saturated carbocycles. The fraction of sp³-hybridized carbons (Fsp3) is 0.150. The molecule has 0 bridgehead atoms. The van der Waals surface area contributed by atoms with Gasteiger partial charge in [-0.15, -0.1) is 0 Å². The Morgan fingerprint density at radius 1 is 1.12 bits per heavy atom. The Hall–Kier alpha value is -2.86. The number of nitrogens with one attached hydrogen (secondary N) is 1. The minimum atomic E-state index is -0.399. The summed E-state index contributed by atoms with van der Waals surface area (Å²) in [5.74, 6) is -0.717. The number of carbonyl (C=O) groups is 1. The van der Waals surface area contributed by atoms with Crippen molar-refractivity contribution >= 4 is 43.5 Å². The highest BCUT2D eigenvalue weighted by Gasteiger charge is 2.15. The van der Waals surface area contributed by atoms with Crippen molar-refractivity contribution in [1.29, 1.82) is 0 Å². The number of aryl methyl sites for hydroxylation is 2. The van der Waals surface area contributed by atoms with Crippen molar-refractivity contribution in [3.63, 3.8) is 0 Å². The molecular formula is C20H16FN3OS. The fourth-order valence-electron chi connectivity index (χ4n) is 2.93. The summed E-state index contributed by atoms with van der Waals surface area (Å²) in [6.45, 7) is 3.91. The van der Waals surface area contributed by atoms with Crippen LogP contribution in [0.1, 0.15) is 28.5 Å². The first kappa shape index (κ1) is 16.6. The predicted octanol–water partition coefficient (Wildman–Crippen LogP) is 5.11. The summed E-state index contributed by atoms with van der Waals surface area (Å²) in [7, 11) is 0. The number of rotatable bonds is 3. The van der Waals surface area contributed by atoms with Crippen LogP contribution in [0.3, 0.4) is 0 Å². The maximum atomic E-state index is 13.6. The standard InChI is InChI=1S/C20H16FN3OS/c1-3-12-4-6-17-18(9-12)26-20(23-17)24-19(25)15-8-11(2)22-16-7-5-13(21)10-14(15)16/h4-10H,3H2,1-2H3,(H,23,24,25). The number of fused-ring (bicyclic) bond motifs is 2. The molecule has 4 nitrogen and oxygen atoms in total. The summed E-state index contributed by atoms with van der Waals surface area (Å²) in [5.41, 5.74) is 3.76. The Balaban J connectivity index is 1.72. The lowest BCUT2D eigenvalue weighted by atomic mass is 10.1. The quantitative estimate of drug-likeness (QED) is 0.549. The monoisotopic (exact) mass is 365 g/mol. The van der Waals surface area contributed by atoms with Gasteiger partial charge in [-0.1, -0.05) is 24.3 Å². The van der Waals surface area contributed by atoms with E-state index in [9.17, 15) is 9.18 Å². The van der Waals surface area contributed by atoms with E-state index in [-0.39, 0.29) is 5.91 Å². The van der Waals surface area contributed by atoms with Crippen LogP contribution in [0, 0.1) is 12.7 Å². The molecule has 1 amide bonds. The van der Waals surface area contributed by atoms with Gasteiger partial charge in [0.25, 0.3) is 5.91 Å². The van der Waals surface area contributed by atoms with Gasteiger partial charge in [0.05, 0.1) is 21.3 Å². The van der Waals surface area contributed by atoms with Gasteiger partial charge in [-0.25, -0.2) is 9.37 Å². The molecule has 2 aromatic heterocycles. The Morgan fingerprint density at radius 2 is 1.92 bits per heavy atom. The van der Waals surface area contributed by atoms with Crippen LogP contribution in [0.2, 0.25) is 0 Å². The first-order chi connectivity index (χ1) is 12.5. The zero-order valence-corrected chi connectivity index (χ0v) is 15.2. The van der Waals surface area contributed by atoms with E-state index in [1.807, 2.05) is 19.1 Å². The van der Waals surface area contributed by atoms with Crippen LogP contribution < -0.4 is 5.32 Å². The highest BCUT2D eigenvalue weighted by Crippen LogP contribution is 2.28. The number of anilines is 1. The van der Waals surface area contributed by atoms with Crippen LogP contribution in [0.4, 0.5) is 9.52 Å². The Kier molecular flexibility index (Phi) is 4.12. The van der Waals surface area contributed by atoms with Crippen LogP contribution in [0.15, 0.2) is 42.5 Å². The summed E-state index contributed by atoms with van der Waals surface area (Å²) in [4.78, 5) is 21.6. The number of hydrogen-bond acceptors (Lipinski definition) is 4. The van der Waals surface area contributed by atoms with Crippen LogP contribution in [-0.4, -0.2) is 15.9 Å². The molecule has 0 atom stereocenters. The van der Waals surface area contributed by atoms with Gasteiger partial charge in [-0.2, -0.15) is 0 Å². The van der Waals surface area contributed by atoms with Gasteiger partial charge in [0.15, 0.2) is 5.13 Å². The molecule has 0 unspecified atom stereocenters. The molecule has 0 aliphatic carbocycles. The molecule has 26 heavy (non-hydrogen) atoms. The van der Waals surface area contributed by atoms with Crippen LogP contribution in [-0.2, 0) is 6.42 Å². The van der Waals surface area contributed by atoms with Crippen LogP contribution in [0.25, 0.3) is 21.1 Å². The maximum Gasteiger partial charge on any atom is 0.258 e. The number of pyridine rings is 1. The van der Waals surface area contributed by atoms with Gasteiger partial charge in [-0.05, 0) is 55.3 Å². The lowest BCUT2D eigenvalue weighted by Crippen LogP contribution is -2.13. The number of halogens is 1. The first-order valence-corrected chi connectivity index (χ1v) is 9.13. The molecule has 0 aliphatic rings. The van der Waals surface area contributed by atoms with Gasteiger partial charge >= 0.3 is 0 Å². The average molecular weight is 365 g/mol. The van der Waals surface area contributed by atoms with E-state index in [0.717, 1.165) is 16.6 Å². The Morgan fingerprint density at radius 3 is 2.73 bits per heavy atom. The number of amides is 1. The number of thiazole rings is 1. The zero-order chi connectivity index (χ0) is 18.3. The topological polar surface area (TPSA) is 54.9 Å².